The zero-order valence-electron chi connectivity index (χ0n) is 19.1. The van der Waals surface area contributed by atoms with Crippen molar-refractivity contribution in [1.82, 2.24) is 14.7 Å². The molecular formula is C27H25N3O4S. The Balaban J connectivity index is 1.33. The number of carbonyl (C=O) groups excluding carboxylic acids is 2. The number of nitrogens with zero attached hydrogens (tertiary/aromatic N) is 2. The summed E-state index contributed by atoms with van der Waals surface area (Å²) in [6, 6.07) is 18.7. The molecule has 1 amide bonds. The summed E-state index contributed by atoms with van der Waals surface area (Å²) < 4.78 is 7.23. The molecule has 0 aliphatic heterocycles. The van der Waals surface area contributed by atoms with Crippen molar-refractivity contribution < 1.29 is 14.3 Å². The SMILES string of the molecule is O=C(NC(Cc1ccccc1)C(=O)OCc1cc(=O)n2c3c(sc2n1)CCCC3)c1ccccc1. The molecule has 2 heterocycles. The first-order valence-corrected chi connectivity index (χ1v) is 12.5. The maximum atomic E-state index is 13.0. The average Bonchev–Trinajstić information content (AvgIpc) is 3.27. The van der Waals surface area contributed by atoms with Gasteiger partial charge in [-0.25, -0.2) is 9.78 Å². The van der Waals surface area contributed by atoms with Crippen LogP contribution in [-0.4, -0.2) is 27.3 Å². The van der Waals surface area contributed by atoms with Gasteiger partial charge in [0.15, 0.2) is 4.96 Å². The lowest BCUT2D eigenvalue weighted by Gasteiger charge is -2.18. The average molecular weight is 488 g/mol. The smallest absolute Gasteiger partial charge is 0.329 e. The van der Waals surface area contributed by atoms with Crippen molar-refractivity contribution in [2.45, 2.75) is 44.8 Å². The lowest BCUT2D eigenvalue weighted by atomic mass is 10.0. The summed E-state index contributed by atoms with van der Waals surface area (Å²) >= 11 is 1.53. The zero-order valence-corrected chi connectivity index (χ0v) is 19.9. The van der Waals surface area contributed by atoms with Crippen LogP contribution in [0.1, 0.15) is 45.0 Å². The number of nitrogens with one attached hydrogen (secondary N) is 1. The summed E-state index contributed by atoms with van der Waals surface area (Å²) in [6.07, 6.45) is 4.33. The van der Waals surface area contributed by atoms with E-state index in [2.05, 4.69) is 10.3 Å². The van der Waals surface area contributed by atoms with Gasteiger partial charge < -0.3 is 10.1 Å². The predicted molar refractivity (Wildman–Crippen MR) is 134 cm³/mol. The summed E-state index contributed by atoms with van der Waals surface area (Å²) in [6.45, 7) is -0.139. The van der Waals surface area contributed by atoms with Gasteiger partial charge in [-0.2, -0.15) is 0 Å². The van der Waals surface area contributed by atoms with Crippen molar-refractivity contribution >= 4 is 28.2 Å². The van der Waals surface area contributed by atoms with E-state index in [-0.39, 0.29) is 24.5 Å². The minimum atomic E-state index is -0.885. The Morgan fingerprint density at radius 1 is 1.03 bits per heavy atom. The zero-order chi connectivity index (χ0) is 24.2. The van der Waals surface area contributed by atoms with E-state index in [4.69, 9.17) is 4.74 Å². The number of rotatable bonds is 7. The number of amides is 1. The molecule has 4 aromatic rings. The highest BCUT2D eigenvalue weighted by molar-refractivity contribution is 7.17. The van der Waals surface area contributed by atoms with Crippen molar-refractivity contribution in [3.63, 3.8) is 0 Å². The van der Waals surface area contributed by atoms with E-state index in [0.29, 0.717) is 16.2 Å². The van der Waals surface area contributed by atoms with Crippen LogP contribution in [0.2, 0.25) is 0 Å². The van der Waals surface area contributed by atoms with Gasteiger partial charge in [-0.05, 0) is 43.4 Å². The molecule has 2 aromatic heterocycles. The molecule has 5 rings (SSSR count). The van der Waals surface area contributed by atoms with Crippen molar-refractivity contribution in [2.24, 2.45) is 0 Å². The minimum Gasteiger partial charge on any atom is -0.458 e. The molecule has 0 radical (unpaired) electrons. The Bertz CT molecular complexity index is 1410. The molecule has 1 aliphatic carbocycles. The molecule has 1 atom stereocenters. The fourth-order valence-electron chi connectivity index (χ4n) is 4.34. The molecule has 0 saturated carbocycles. The monoisotopic (exact) mass is 487 g/mol. The first-order valence-electron chi connectivity index (χ1n) is 11.7. The van der Waals surface area contributed by atoms with Gasteiger partial charge in [0.25, 0.3) is 11.5 Å². The first kappa shape index (κ1) is 23.0. The van der Waals surface area contributed by atoms with E-state index in [9.17, 15) is 14.4 Å². The molecule has 8 heteroatoms. The number of hydrogen-bond acceptors (Lipinski definition) is 6. The molecule has 0 spiro atoms. The van der Waals surface area contributed by atoms with Crippen molar-refractivity contribution in [3.05, 3.63) is 104 Å². The normalized spacial score (nSPS) is 13.7. The van der Waals surface area contributed by atoms with Crippen LogP contribution in [0.15, 0.2) is 71.5 Å². The third-order valence-corrected chi connectivity index (χ3v) is 7.23. The summed E-state index contributed by atoms with van der Waals surface area (Å²) in [5.74, 6) is -0.934. The molecule has 1 unspecified atom stereocenters. The second-order valence-electron chi connectivity index (χ2n) is 8.57. The van der Waals surface area contributed by atoms with Gasteiger partial charge >= 0.3 is 5.97 Å². The van der Waals surface area contributed by atoms with E-state index < -0.39 is 12.0 Å². The topological polar surface area (TPSA) is 89.8 Å². The van der Waals surface area contributed by atoms with Gasteiger partial charge in [0.2, 0.25) is 0 Å². The standard InChI is InChI=1S/C27H25N3O4S/c31-24-16-20(28-27-30(24)22-13-7-8-14-23(22)35-27)17-34-26(33)21(15-18-9-3-1-4-10-18)29-25(32)19-11-5-2-6-12-19/h1-6,9-12,16,21H,7-8,13-15,17H2,(H,29,32). The molecule has 1 aliphatic rings. The number of aromatic nitrogens is 2. The fourth-order valence-corrected chi connectivity index (χ4v) is 5.57. The van der Waals surface area contributed by atoms with Crippen molar-refractivity contribution in [1.29, 1.82) is 0 Å². The maximum absolute atomic E-state index is 13.0. The fraction of sp³-hybridized carbons (Fsp3) is 0.259. The highest BCUT2D eigenvalue weighted by Crippen LogP contribution is 2.28. The minimum absolute atomic E-state index is 0.139. The number of hydrogen-bond donors (Lipinski definition) is 1. The molecule has 35 heavy (non-hydrogen) atoms. The van der Waals surface area contributed by atoms with Crippen LogP contribution in [0, 0.1) is 0 Å². The molecule has 0 bridgehead atoms. The number of carbonyl (C=O) groups is 2. The van der Waals surface area contributed by atoms with Crippen LogP contribution in [0.25, 0.3) is 4.96 Å². The second kappa shape index (κ2) is 10.2. The molecule has 1 N–H and O–H groups in total. The van der Waals surface area contributed by atoms with Gasteiger partial charge in [-0.1, -0.05) is 48.5 Å². The van der Waals surface area contributed by atoms with Crippen LogP contribution < -0.4 is 10.9 Å². The number of fused-ring (bicyclic) bond motifs is 3. The van der Waals surface area contributed by atoms with E-state index in [1.165, 1.54) is 22.3 Å². The van der Waals surface area contributed by atoms with Crippen molar-refractivity contribution in [2.75, 3.05) is 0 Å². The number of esters is 1. The number of thiazole rings is 1. The predicted octanol–water partition coefficient (Wildman–Crippen LogP) is 3.72. The first-order chi connectivity index (χ1) is 17.1. The molecule has 7 nitrogen and oxygen atoms in total. The van der Waals surface area contributed by atoms with E-state index >= 15 is 0 Å². The highest BCUT2D eigenvalue weighted by Gasteiger charge is 2.24. The molecule has 178 valence electrons. The molecular weight excluding hydrogens is 462 g/mol. The third kappa shape index (κ3) is 5.17. The van der Waals surface area contributed by atoms with Gasteiger partial charge in [-0.15, -0.1) is 11.3 Å². The number of aryl methyl sites for hydroxylation is 2. The van der Waals surface area contributed by atoms with Crippen LogP contribution in [0.4, 0.5) is 0 Å². The summed E-state index contributed by atoms with van der Waals surface area (Å²) in [5.41, 5.74) is 2.65. The third-order valence-electron chi connectivity index (χ3n) is 6.09. The highest BCUT2D eigenvalue weighted by atomic mass is 32.1. The molecule has 2 aromatic carbocycles. The number of benzene rings is 2. The molecule has 0 saturated heterocycles. The van der Waals surface area contributed by atoms with Gasteiger partial charge in [-0.3, -0.25) is 14.0 Å². The van der Waals surface area contributed by atoms with Crippen LogP contribution >= 0.6 is 11.3 Å². The number of ether oxygens (including phenoxy) is 1. The lowest BCUT2D eigenvalue weighted by Crippen LogP contribution is -2.43. The van der Waals surface area contributed by atoms with E-state index in [1.807, 2.05) is 36.4 Å². The van der Waals surface area contributed by atoms with Crippen LogP contribution in [-0.2, 0) is 35.4 Å². The Morgan fingerprint density at radius 3 is 2.51 bits per heavy atom. The quantitative estimate of drug-likeness (QED) is 0.402. The summed E-state index contributed by atoms with van der Waals surface area (Å²) in [7, 11) is 0. The maximum Gasteiger partial charge on any atom is 0.329 e. The molecule has 0 fully saturated rings. The Morgan fingerprint density at radius 2 is 1.74 bits per heavy atom. The Labute approximate surface area is 206 Å². The summed E-state index contributed by atoms with van der Waals surface area (Å²) in [4.78, 5) is 45.0. The van der Waals surface area contributed by atoms with Crippen LogP contribution in [0.3, 0.4) is 0 Å². The lowest BCUT2D eigenvalue weighted by molar-refractivity contribution is -0.147. The largest absolute Gasteiger partial charge is 0.458 e. The van der Waals surface area contributed by atoms with Gasteiger partial charge in [0, 0.05) is 28.6 Å². The summed E-state index contributed by atoms with van der Waals surface area (Å²) in [5, 5.41) is 2.79. The van der Waals surface area contributed by atoms with Gasteiger partial charge in [0.05, 0.1) is 5.69 Å². The van der Waals surface area contributed by atoms with Crippen LogP contribution in [0.5, 0.6) is 0 Å². The van der Waals surface area contributed by atoms with Crippen molar-refractivity contribution in [3.8, 4) is 0 Å². The second-order valence-corrected chi connectivity index (χ2v) is 9.63. The van der Waals surface area contributed by atoms with E-state index in [1.54, 1.807) is 28.7 Å². The Hall–Kier alpha value is -3.78. The Kier molecular flexibility index (Phi) is 6.72. The van der Waals surface area contributed by atoms with Gasteiger partial charge in [0.1, 0.15) is 12.6 Å². The van der Waals surface area contributed by atoms with E-state index in [0.717, 1.165) is 36.9 Å².